The minimum Gasteiger partial charge on any atom is -0.383 e. The molecule has 1 aromatic rings. The van der Waals surface area contributed by atoms with E-state index in [-0.39, 0.29) is 41.9 Å². The Labute approximate surface area is 176 Å². The largest absolute Gasteiger partial charge is 0.383 e. The molecule has 1 heterocycles. The van der Waals surface area contributed by atoms with Crippen LogP contribution in [0.4, 0.5) is 0 Å². The lowest BCUT2D eigenvalue weighted by Gasteiger charge is -2.33. The van der Waals surface area contributed by atoms with E-state index in [0.717, 1.165) is 56.2 Å². The number of amidine groups is 1. The molecule has 158 valence electrons. The standard InChI is InChI=1S/C23H28N4O3/c1-2-20(28)26-21(24)15-10-11-16-13-27(23(30)17(16)12-15)19-9-4-3-8-18(19)25-22(29)14-6-5-7-14/h10-12,14,19H,2-9,13H2,1H3,(H2,24,26,28). The molecular weight excluding hydrogens is 380 g/mol. The molecule has 1 atom stereocenters. The van der Waals surface area contributed by atoms with E-state index in [0.29, 0.717) is 17.7 Å². The van der Waals surface area contributed by atoms with Crippen LogP contribution in [0.25, 0.3) is 0 Å². The molecule has 3 aliphatic rings. The summed E-state index contributed by atoms with van der Waals surface area (Å²) in [5, 5.41) is 0. The number of fused-ring (bicyclic) bond motifs is 1. The normalized spacial score (nSPS) is 23.4. The van der Waals surface area contributed by atoms with Crippen LogP contribution in [-0.2, 0) is 16.1 Å². The van der Waals surface area contributed by atoms with Crippen molar-refractivity contribution in [2.75, 3.05) is 0 Å². The van der Waals surface area contributed by atoms with Crippen molar-refractivity contribution in [1.29, 1.82) is 0 Å². The summed E-state index contributed by atoms with van der Waals surface area (Å²) in [7, 11) is 0. The van der Waals surface area contributed by atoms with Gasteiger partial charge in [-0.15, -0.1) is 0 Å². The van der Waals surface area contributed by atoms with Crippen molar-refractivity contribution >= 4 is 29.3 Å². The van der Waals surface area contributed by atoms with Gasteiger partial charge >= 0.3 is 0 Å². The van der Waals surface area contributed by atoms with Crippen LogP contribution in [-0.4, -0.2) is 40.2 Å². The molecule has 1 aromatic carbocycles. The number of amides is 3. The van der Waals surface area contributed by atoms with Crippen molar-refractivity contribution in [3.8, 4) is 0 Å². The predicted molar refractivity (Wildman–Crippen MR) is 114 cm³/mol. The van der Waals surface area contributed by atoms with E-state index in [1.54, 1.807) is 19.1 Å². The highest BCUT2D eigenvalue weighted by Gasteiger charge is 2.37. The van der Waals surface area contributed by atoms with Crippen molar-refractivity contribution in [2.24, 2.45) is 21.6 Å². The zero-order valence-electron chi connectivity index (χ0n) is 17.4. The van der Waals surface area contributed by atoms with Gasteiger partial charge in [-0.3, -0.25) is 14.4 Å². The lowest BCUT2D eigenvalue weighted by Crippen LogP contribution is -2.43. The molecule has 1 unspecified atom stereocenters. The van der Waals surface area contributed by atoms with Crippen LogP contribution in [0, 0.1) is 5.92 Å². The van der Waals surface area contributed by atoms with Gasteiger partial charge in [0.05, 0.1) is 6.04 Å². The van der Waals surface area contributed by atoms with E-state index in [1.807, 2.05) is 11.0 Å². The number of hydrogen-bond donors (Lipinski definition) is 1. The average Bonchev–Trinajstić information content (AvgIpc) is 3.02. The Kier molecular flexibility index (Phi) is 5.79. The van der Waals surface area contributed by atoms with E-state index in [1.165, 1.54) is 0 Å². The first-order valence-electron chi connectivity index (χ1n) is 10.9. The van der Waals surface area contributed by atoms with Gasteiger partial charge < -0.3 is 10.6 Å². The van der Waals surface area contributed by atoms with Crippen LogP contribution in [0.5, 0.6) is 0 Å². The highest BCUT2D eigenvalue weighted by atomic mass is 16.2. The van der Waals surface area contributed by atoms with Crippen LogP contribution in [0.3, 0.4) is 0 Å². The van der Waals surface area contributed by atoms with Gasteiger partial charge in [-0.05, 0) is 43.7 Å². The molecule has 7 nitrogen and oxygen atoms in total. The third-order valence-corrected chi connectivity index (χ3v) is 6.41. The maximum absolute atomic E-state index is 13.2. The maximum atomic E-state index is 13.2. The van der Waals surface area contributed by atoms with E-state index < -0.39 is 0 Å². The fourth-order valence-corrected chi connectivity index (χ4v) is 4.34. The van der Waals surface area contributed by atoms with Crippen LogP contribution >= 0.6 is 0 Å². The fourth-order valence-electron chi connectivity index (χ4n) is 4.34. The number of benzene rings is 1. The van der Waals surface area contributed by atoms with Gasteiger partial charge in [0.2, 0.25) is 11.8 Å². The van der Waals surface area contributed by atoms with Crippen molar-refractivity contribution in [2.45, 2.75) is 70.9 Å². The van der Waals surface area contributed by atoms with Crippen molar-refractivity contribution in [1.82, 2.24) is 4.90 Å². The Balaban J connectivity index is 1.56. The summed E-state index contributed by atoms with van der Waals surface area (Å²) in [4.78, 5) is 47.4. The summed E-state index contributed by atoms with van der Waals surface area (Å²) in [5.41, 5.74) is 8.90. The molecular formula is C23H28N4O3. The molecule has 4 rings (SSSR count). The zero-order chi connectivity index (χ0) is 21.3. The number of carbonyl (C=O) groups is 3. The minimum atomic E-state index is -0.292. The third-order valence-electron chi connectivity index (χ3n) is 6.41. The molecule has 2 aliphatic carbocycles. The molecule has 2 N–H and O–H groups in total. The minimum absolute atomic E-state index is 0.0147. The predicted octanol–water partition coefficient (Wildman–Crippen LogP) is 2.99. The SMILES string of the molecule is CCC(=O)N=C(N)c1ccc2c(c1)C(=O)N(C1CCCCC1=NC(=O)C1CCC1)C2. The first-order valence-corrected chi connectivity index (χ1v) is 10.9. The van der Waals surface area contributed by atoms with Crippen molar-refractivity contribution in [3.05, 3.63) is 34.9 Å². The molecule has 0 radical (unpaired) electrons. The molecule has 2 fully saturated rings. The highest BCUT2D eigenvalue weighted by Crippen LogP contribution is 2.32. The van der Waals surface area contributed by atoms with Crippen LogP contribution < -0.4 is 5.73 Å². The average molecular weight is 409 g/mol. The van der Waals surface area contributed by atoms with Gasteiger partial charge in [0.25, 0.3) is 5.91 Å². The third kappa shape index (κ3) is 3.93. The quantitative estimate of drug-likeness (QED) is 0.611. The van der Waals surface area contributed by atoms with Crippen molar-refractivity contribution in [3.63, 3.8) is 0 Å². The second-order valence-corrected chi connectivity index (χ2v) is 8.38. The molecule has 2 saturated carbocycles. The van der Waals surface area contributed by atoms with E-state index >= 15 is 0 Å². The van der Waals surface area contributed by atoms with Crippen LogP contribution in [0.2, 0.25) is 0 Å². The van der Waals surface area contributed by atoms with E-state index in [2.05, 4.69) is 9.98 Å². The molecule has 0 saturated heterocycles. The Bertz CT molecular complexity index is 946. The molecule has 0 aromatic heterocycles. The molecule has 0 bridgehead atoms. The highest BCUT2D eigenvalue weighted by molar-refractivity contribution is 6.08. The lowest BCUT2D eigenvalue weighted by atomic mass is 9.84. The van der Waals surface area contributed by atoms with Gasteiger partial charge in [0, 0.05) is 35.7 Å². The number of carbonyl (C=O) groups excluding carboxylic acids is 3. The summed E-state index contributed by atoms with van der Waals surface area (Å²) in [6, 6.07) is 5.27. The second kappa shape index (κ2) is 8.50. The summed E-state index contributed by atoms with van der Waals surface area (Å²) >= 11 is 0. The Morgan fingerprint density at radius 3 is 2.67 bits per heavy atom. The maximum Gasteiger partial charge on any atom is 0.255 e. The topological polar surface area (TPSA) is 105 Å². The smallest absolute Gasteiger partial charge is 0.255 e. The molecule has 3 amide bonds. The molecule has 7 heteroatoms. The Morgan fingerprint density at radius 1 is 1.17 bits per heavy atom. The van der Waals surface area contributed by atoms with E-state index in [9.17, 15) is 14.4 Å². The first-order chi connectivity index (χ1) is 14.5. The second-order valence-electron chi connectivity index (χ2n) is 8.38. The zero-order valence-corrected chi connectivity index (χ0v) is 17.4. The van der Waals surface area contributed by atoms with Gasteiger partial charge in [0.15, 0.2) is 0 Å². The Hall–Kier alpha value is -2.83. The van der Waals surface area contributed by atoms with Gasteiger partial charge in [-0.1, -0.05) is 31.9 Å². The molecule has 1 aliphatic heterocycles. The summed E-state index contributed by atoms with van der Waals surface area (Å²) in [6.07, 6.45) is 6.87. The van der Waals surface area contributed by atoms with Crippen molar-refractivity contribution < 1.29 is 14.4 Å². The van der Waals surface area contributed by atoms with Gasteiger partial charge in [-0.25, -0.2) is 4.99 Å². The van der Waals surface area contributed by atoms with Crippen LogP contribution in [0.15, 0.2) is 28.2 Å². The number of rotatable bonds is 4. The lowest BCUT2D eigenvalue weighted by molar-refractivity contribution is -0.123. The molecule has 0 spiro atoms. The summed E-state index contributed by atoms with van der Waals surface area (Å²) in [6.45, 7) is 2.23. The first kappa shape index (κ1) is 20.4. The molecule has 30 heavy (non-hydrogen) atoms. The Morgan fingerprint density at radius 2 is 1.97 bits per heavy atom. The fraction of sp³-hybridized carbons (Fsp3) is 0.522. The van der Waals surface area contributed by atoms with Gasteiger partial charge in [-0.2, -0.15) is 4.99 Å². The number of hydrogen-bond acceptors (Lipinski definition) is 3. The number of nitrogens with two attached hydrogens (primary N) is 1. The van der Waals surface area contributed by atoms with Crippen LogP contribution in [0.1, 0.15) is 79.8 Å². The van der Waals surface area contributed by atoms with E-state index in [4.69, 9.17) is 5.73 Å². The summed E-state index contributed by atoms with van der Waals surface area (Å²) < 4.78 is 0. The van der Waals surface area contributed by atoms with Gasteiger partial charge in [0.1, 0.15) is 5.84 Å². The number of nitrogens with zero attached hydrogens (tertiary/aromatic N) is 3. The monoisotopic (exact) mass is 408 g/mol. The summed E-state index contributed by atoms with van der Waals surface area (Å²) in [5.74, 6) is -0.180. The number of aliphatic imine (C=N–C) groups is 2.